The average molecular weight is 365 g/mol. The summed E-state index contributed by atoms with van der Waals surface area (Å²) >= 11 is 2.31. The molecule has 0 aliphatic heterocycles. The van der Waals surface area contributed by atoms with Gasteiger partial charge in [0.2, 0.25) is 0 Å². The van der Waals surface area contributed by atoms with Gasteiger partial charge in [0.1, 0.15) is 18.7 Å². The Labute approximate surface area is 124 Å². The van der Waals surface area contributed by atoms with Crippen LogP contribution in [0.3, 0.4) is 0 Å². The predicted octanol–water partition coefficient (Wildman–Crippen LogP) is 2.33. The summed E-state index contributed by atoms with van der Waals surface area (Å²) in [5, 5.41) is 8.42. The van der Waals surface area contributed by atoms with Gasteiger partial charge >= 0.3 is 0 Å². The van der Waals surface area contributed by atoms with E-state index >= 15 is 0 Å². The van der Waals surface area contributed by atoms with Crippen molar-refractivity contribution in [2.75, 3.05) is 0 Å². The number of rotatable bonds is 3. The van der Waals surface area contributed by atoms with E-state index in [0.717, 1.165) is 11.4 Å². The molecule has 3 aromatic rings. The first kappa shape index (κ1) is 12.3. The van der Waals surface area contributed by atoms with E-state index in [1.807, 2.05) is 24.1 Å². The highest BCUT2D eigenvalue weighted by Crippen LogP contribution is 2.20. The Morgan fingerprint density at radius 1 is 1.21 bits per heavy atom. The quantitative estimate of drug-likeness (QED) is 0.670. The molecule has 0 atom stereocenters. The summed E-state index contributed by atoms with van der Waals surface area (Å²) < 4.78 is 4.85. The van der Waals surface area contributed by atoms with Gasteiger partial charge in [-0.3, -0.25) is 9.36 Å². The van der Waals surface area contributed by atoms with Crippen molar-refractivity contribution in [3.05, 3.63) is 52.4 Å². The number of hydrogen-bond acceptors (Lipinski definition) is 3. The van der Waals surface area contributed by atoms with Gasteiger partial charge in [-0.05, 0) is 40.3 Å². The van der Waals surface area contributed by atoms with Gasteiger partial charge in [0.15, 0.2) is 0 Å². The highest BCUT2D eigenvalue weighted by Gasteiger charge is 2.05. The maximum Gasteiger partial charge on any atom is 0.148 e. The summed E-state index contributed by atoms with van der Waals surface area (Å²) in [6.07, 6.45) is 5.46. The maximum atomic E-state index is 4.37. The Bertz CT molecular complexity index is 700. The van der Waals surface area contributed by atoms with E-state index in [9.17, 15) is 0 Å². The van der Waals surface area contributed by atoms with E-state index in [1.165, 1.54) is 9.13 Å². The Morgan fingerprint density at radius 2 is 2.11 bits per heavy atom. The molecule has 0 unspecified atom stereocenters. The summed E-state index contributed by atoms with van der Waals surface area (Å²) in [7, 11) is 1.88. The van der Waals surface area contributed by atoms with Crippen molar-refractivity contribution in [3.8, 4) is 11.1 Å². The summed E-state index contributed by atoms with van der Waals surface area (Å²) in [5.41, 5.74) is 2.29. The second-order valence-electron chi connectivity index (χ2n) is 4.24. The second-order valence-corrected chi connectivity index (χ2v) is 5.48. The fourth-order valence-electron chi connectivity index (χ4n) is 1.88. The van der Waals surface area contributed by atoms with Crippen LogP contribution in [0.1, 0.15) is 5.82 Å². The lowest BCUT2D eigenvalue weighted by atomic mass is 10.1. The van der Waals surface area contributed by atoms with E-state index < -0.39 is 0 Å². The molecular formula is C13H12IN5. The number of hydrogen-bond donors (Lipinski definition) is 0. The normalized spacial score (nSPS) is 10.8. The summed E-state index contributed by atoms with van der Waals surface area (Å²) in [6.45, 7) is 0.625. The summed E-state index contributed by atoms with van der Waals surface area (Å²) in [4.78, 5) is 4.20. The van der Waals surface area contributed by atoms with Gasteiger partial charge in [0.05, 0.1) is 6.20 Å². The minimum Gasteiger partial charge on any atom is -0.264 e. The van der Waals surface area contributed by atoms with E-state index in [4.69, 9.17) is 0 Å². The molecule has 3 rings (SSSR count). The van der Waals surface area contributed by atoms with Crippen molar-refractivity contribution in [2.45, 2.75) is 6.54 Å². The van der Waals surface area contributed by atoms with Crippen molar-refractivity contribution in [1.29, 1.82) is 0 Å². The smallest absolute Gasteiger partial charge is 0.148 e. The average Bonchev–Trinajstić information content (AvgIpc) is 3.00. The molecule has 6 heteroatoms. The van der Waals surface area contributed by atoms with Gasteiger partial charge in [-0.25, -0.2) is 4.98 Å². The maximum absolute atomic E-state index is 4.37. The van der Waals surface area contributed by atoms with Crippen LogP contribution in [-0.2, 0) is 13.6 Å². The molecule has 0 N–H and O–H groups in total. The van der Waals surface area contributed by atoms with Crippen molar-refractivity contribution in [1.82, 2.24) is 24.5 Å². The molecule has 19 heavy (non-hydrogen) atoms. The van der Waals surface area contributed by atoms with Gasteiger partial charge in [-0.2, -0.15) is 10.2 Å². The lowest BCUT2D eigenvalue weighted by molar-refractivity contribution is 0.608. The number of benzene rings is 1. The van der Waals surface area contributed by atoms with Crippen LogP contribution in [0.5, 0.6) is 0 Å². The molecule has 0 amide bonds. The first-order valence-corrected chi connectivity index (χ1v) is 6.91. The van der Waals surface area contributed by atoms with Crippen LogP contribution in [0.4, 0.5) is 0 Å². The third-order valence-corrected chi connectivity index (χ3v) is 3.57. The third-order valence-electron chi connectivity index (χ3n) is 2.90. The molecule has 1 aromatic carbocycles. The van der Waals surface area contributed by atoms with Crippen LogP contribution in [0.25, 0.3) is 11.1 Å². The zero-order valence-electron chi connectivity index (χ0n) is 10.4. The topological polar surface area (TPSA) is 48.5 Å². The molecule has 0 saturated carbocycles. The predicted molar refractivity (Wildman–Crippen MR) is 80.5 cm³/mol. The van der Waals surface area contributed by atoms with Gasteiger partial charge in [-0.1, -0.05) is 12.1 Å². The monoisotopic (exact) mass is 365 g/mol. The van der Waals surface area contributed by atoms with Gasteiger partial charge in [0, 0.05) is 22.4 Å². The highest BCUT2D eigenvalue weighted by atomic mass is 127. The zero-order valence-corrected chi connectivity index (χ0v) is 12.5. The minimum atomic E-state index is 0.625. The Hall–Kier alpha value is -1.70. The molecule has 0 saturated heterocycles. The molecule has 2 aromatic heterocycles. The van der Waals surface area contributed by atoms with Crippen LogP contribution in [0.15, 0.2) is 43.0 Å². The molecule has 2 heterocycles. The number of halogens is 1. The molecule has 0 fully saturated rings. The molecule has 0 aliphatic carbocycles. The zero-order chi connectivity index (χ0) is 13.2. The first-order chi connectivity index (χ1) is 9.22. The van der Waals surface area contributed by atoms with Crippen molar-refractivity contribution >= 4 is 22.6 Å². The van der Waals surface area contributed by atoms with Crippen LogP contribution >= 0.6 is 22.6 Å². The first-order valence-electron chi connectivity index (χ1n) is 5.83. The lowest BCUT2D eigenvalue weighted by Gasteiger charge is -2.00. The van der Waals surface area contributed by atoms with Crippen molar-refractivity contribution < 1.29 is 0 Å². The van der Waals surface area contributed by atoms with Crippen LogP contribution in [0, 0.1) is 3.57 Å². The Balaban J connectivity index is 1.86. The molecular weight excluding hydrogens is 353 g/mol. The second kappa shape index (κ2) is 5.12. The molecule has 0 radical (unpaired) electrons. The fraction of sp³-hybridized carbons (Fsp3) is 0.154. The number of nitrogens with zero attached hydrogens (tertiary/aromatic N) is 5. The number of aryl methyl sites for hydroxylation is 1. The third kappa shape index (κ3) is 2.67. The SMILES string of the molecule is Cn1ncnc1Cn1cc(-c2cccc(I)c2)cn1. The van der Waals surface area contributed by atoms with E-state index in [-0.39, 0.29) is 0 Å². The van der Waals surface area contributed by atoms with Crippen molar-refractivity contribution in [2.24, 2.45) is 7.05 Å². The van der Waals surface area contributed by atoms with Gasteiger partial charge in [-0.15, -0.1) is 0 Å². The Morgan fingerprint density at radius 3 is 2.84 bits per heavy atom. The van der Waals surface area contributed by atoms with E-state index in [2.05, 4.69) is 62.0 Å². The highest BCUT2D eigenvalue weighted by molar-refractivity contribution is 14.1. The van der Waals surface area contributed by atoms with Crippen LogP contribution < -0.4 is 0 Å². The summed E-state index contributed by atoms with van der Waals surface area (Å²) in [5.74, 6) is 0.886. The summed E-state index contributed by atoms with van der Waals surface area (Å²) in [6, 6.07) is 8.36. The molecule has 0 spiro atoms. The minimum absolute atomic E-state index is 0.625. The van der Waals surface area contributed by atoms with Crippen LogP contribution in [0.2, 0.25) is 0 Å². The van der Waals surface area contributed by atoms with Gasteiger partial charge in [0.25, 0.3) is 0 Å². The molecule has 0 aliphatic rings. The lowest BCUT2D eigenvalue weighted by Crippen LogP contribution is -2.06. The fourth-order valence-corrected chi connectivity index (χ4v) is 2.42. The molecule has 5 nitrogen and oxygen atoms in total. The standard InChI is InChI=1S/C13H12IN5/c1-18-13(15-9-17-18)8-19-7-11(6-16-19)10-3-2-4-12(14)5-10/h2-7,9H,8H2,1H3. The van der Waals surface area contributed by atoms with Crippen molar-refractivity contribution in [3.63, 3.8) is 0 Å². The van der Waals surface area contributed by atoms with Crippen LogP contribution in [-0.4, -0.2) is 24.5 Å². The largest absolute Gasteiger partial charge is 0.264 e. The number of aromatic nitrogens is 5. The van der Waals surface area contributed by atoms with Gasteiger partial charge < -0.3 is 0 Å². The molecule has 96 valence electrons. The van der Waals surface area contributed by atoms with E-state index in [0.29, 0.717) is 6.54 Å². The Kier molecular flexibility index (Phi) is 3.33. The van der Waals surface area contributed by atoms with E-state index in [1.54, 1.807) is 11.0 Å². The molecule has 0 bridgehead atoms.